The van der Waals surface area contributed by atoms with Crippen molar-refractivity contribution in [3.63, 3.8) is 0 Å². The quantitative estimate of drug-likeness (QED) is 0.553. The molecule has 0 spiro atoms. The average molecular weight is 297 g/mol. The van der Waals surface area contributed by atoms with Gasteiger partial charge in [-0.05, 0) is 28.8 Å². The Balaban J connectivity index is 2.29. The average Bonchev–Trinajstić information content (AvgIpc) is 2.62. The summed E-state index contributed by atoms with van der Waals surface area (Å²) in [7, 11) is 0. The Kier molecular flexibility index (Phi) is 4.22. The molecule has 0 aliphatic heterocycles. The maximum absolute atomic E-state index is 9.77. The first kappa shape index (κ1) is 14.6. The molecule has 2 nitrogen and oxygen atoms in total. The van der Waals surface area contributed by atoms with E-state index in [0.29, 0.717) is 5.57 Å². The first-order valence-electron chi connectivity index (χ1n) is 7.34. The zero-order valence-electron chi connectivity index (χ0n) is 12.5. The Bertz CT molecular complexity index is 857. The first-order chi connectivity index (χ1) is 11.3. The van der Waals surface area contributed by atoms with E-state index in [1.807, 2.05) is 72.8 Å². The molecule has 3 aromatic carbocycles. The second-order valence-electron chi connectivity index (χ2n) is 5.14. The number of rotatable bonds is 3. The molecule has 0 heterocycles. The number of aromatic hydroxyl groups is 1. The fourth-order valence-corrected chi connectivity index (χ4v) is 2.56. The molecular weight excluding hydrogens is 282 g/mol. The number of nitriles is 1. The van der Waals surface area contributed by atoms with Gasteiger partial charge in [-0.2, -0.15) is 5.26 Å². The Morgan fingerprint density at radius 1 is 0.652 bits per heavy atom. The molecule has 23 heavy (non-hydrogen) atoms. The highest BCUT2D eigenvalue weighted by Crippen LogP contribution is 2.32. The van der Waals surface area contributed by atoms with E-state index >= 15 is 0 Å². The van der Waals surface area contributed by atoms with Crippen LogP contribution in [0.3, 0.4) is 0 Å². The van der Waals surface area contributed by atoms with Gasteiger partial charge in [0.1, 0.15) is 11.8 Å². The SMILES string of the molecule is N#C/C(=C(/c1ccccc1)c1ccc(O)cc1)c1ccccc1. The third-order valence-electron chi connectivity index (χ3n) is 3.64. The van der Waals surface area contributed by atoms with Crippen LogP contribution in [0.5, 0.6) is 5.75 Å². The third kappa shape index (κ3) is 3.14. The summed E-state index contributed by atoms with van der Waals surface area (Å²) in [6.45, 7) is 0. The predicted molar refractivity (Wildman–Crippen MR) is 92.5 cm³/mol. The highest BCUT2D eigenvalue weighted by atomic mass is 16.3. The Morgan fingerprint density at radius 2 is 1.13 bits per heavy atom. The maximum atomic E-state index is 9.77. The molecule has 110 valence electrons. The second kappa shape index (κ2) is 6.64. The summed E-state index contributed by atoms with van der Waals surface area (Å²) in [6, 6.07) is 28.8. The van der Waals surface area contributed by atoms with Gasteiger partial charge in [0.15, 0.2) is 0 Å². The van der Waals surface area contributed by atoms with Crippen LogP contribution in [-0.4, -0.2) is 5.11 Å². The van der Waals surface area contributed by atoms with Gasteiger partial charge in [-0.25, -0.2) is 0 Å². The molecule has 2 heteroatoms. The molecule has 0 aliphatic rings. The summed E-state index contributed by atoms with van der Waals surface area (Å²) >= 11 is 0. The minimum Gasteiger partial charge on any atom is -0.508 e. The second-order valence-corrected chi connectivity index (χ2v) is 5.14. The van der Waals surface area contributed by atoms with Crippen LogP contribution in [0.25, 0.3) is 11.1 Å². The molecule has 0 saturated carbocycles. The monoisotopic (exact) mass is 297 g/mol. The molecule has 0 aliphatic carbocycles. The number of phenols is 1. The van der Waals surface area contributed by atoms with Gasteiger partial charge >= 0.3 is 0 Å². The number of allylic oxidation sites excluding steroid dienone is 1. The largest absolute Gasteiger partial charge is 0.508 e. The number of phenolic OH excluding ortho intramolecular Hbond substituents is 1. The lowest BCUT2D eigenvalue weighted by Crippen LogP contribution is -1.93. The molecule has 3 rings (SSSR count). The molecule has 0 fully saturated rings. The standard InChI is InChI=1S/C21H15NO/c22-15-20(16-7-3-1-4-8-16)21(17-9-5-2-6-10-17)18-11-13-19(23)14-12-18/h1-14,23H/b21-20+. The van der Waals surface area contributed by atoms with E-state index in [4.69, 9.17) is 0 Å². The van der Waals surface area contributed by atoms with Gasteiger partial charge in [0.05, 0.1) is 5.57 Å². The van der Waals surface area contributed by atoms with Crippen molar-refractivity contribution >= 4 is 11.1 Å². The summed E-state index contributed by atoms with van der Waals surface area (Å²) in [5.74, 6) is 0.208. The number of benzene rings is 3. The minimum absolute atomic E-state index is 0.208. The molecule has 0 amide bonds. The highest BCUT2D eigenvalue weighted by Gasteiger charge is 2.13. The van der Waals surface area contributed by atoms with Crippen LogP contribution >= 0.6 is 0 Å². The molecule has 0 bridgehead atoms. The van der Waals surface area contributed by atoms with E-state index in [2.05, 4.69) is 6.07 Å². The van der Waals surface area contributed by atoms with Crippen LogP contribution in [0.4, 0.5) is 0 Å². The van der Waals surface area contributed by atoms with Crippen LogP contribution in [0.2, 0.25) is 0 Å². The maximum Gasteiger partial charge on any atom is 0.115 e. The van der Waals surface area contributed by atoms with Gasteiger partial charge in [-0.15, -0.1) is 0 Å². The van der Waals surface area contributed by atoms with Gasteiger partial charge in [0.2, 0.25) is 0 Å². The van der Waals surface area contributed by atoms with Gasteiger partial charge < -0.3 is 5.11 Å². The van der Waals surface area contributed by atoms with Crippen LogP contribution in [0, 0.1) is 11.3 Å². The van der Waals surface area contributed by atoms with Gasteiger partial charge in [-0.3, -0.25) is 0 Å². The summed E-state index contributed by atoms with van der Waals surface area (Å²) in [4.78, 5) is 0. The molecule has 0 aromatic heterocycles. The van der Waals surface area contributed by atoms with E-state index in [0.717, 1.165) is 22.3 Å². The fourth-order valence-electron chi connectivity index (χ4n) is 2.56. The minimum atomic E-state index is 0.208. The van der Waals surface area contributed by atoms with E-state index < -0.39 is 0 Å². The number of nitrogens with zero attached hydrogens (tertiary/aromatic N) is 1. The topological polar surface area (TPSA) is 44.0 Å². The zero-order chi connectivity index (χ0) is 16.1. The van der Waals surface area contributed by atoms with Crippen LogP contribution < -0.4 is 0 Å². The van der Waals surface area contributed by atoms with E-state index in [1.165, 1.54) is 0 Å². The van der Waals surface area contributed by atoms with Crippen molar-refractivity contribution in [3.8, 4) is 11.8 Å². The normalized spacial score (nSPS) is 11.4. The van der Waals surface area contributed by atoms with Crippen molar-refractivity contribution in [2.24, 2.45) is 0 Å². The third-order valence-corrected chi connectivity index (χ3v) is 3.64. The van der Waals surface area contributed by atoms with Crippen molar-refractivity contribution in [2.75, 3.05) is 0 Å². The van der Waals surface area contributed by atoms with Crippen molar-refractivity contribution in [3.05, 3.63) is 102 Å². The summed E-state index contributed by atoms with van der Waals surface area (Å²) in [6.07, 6.45) is 0. The van der Waals surface area contributed by atoms with Crippen molar-refractivity contribution in [2.45, 2.75) is 0 Å². The number of hydrogen-bond donors (Lipinski definition) is 1. The predicted octanol–water partition coefficient (Wildman–Crippen LogP) is 4.87. The van der Waals surface area contributed by atoms with Gasteiger partial charge in [-0.1, -0.05) is 72.8 Å². The van der Waals surface area contributed by atoms with Gasteiger partial charge in [0.25, 0.3) is 0 Å². The summed E-state index contributed by atoms with van der Waals surface area (Å²) in [5.41, 5.74) is 4.22. The summed E-state index contributed by atoms with van der Waals surface area (Å²) < 4.78 is 0. The van der Waals surface area contributed by atoms with Crippen molar-refractivity contribution < 1.29 is 5.11 Å². The van der Waals surface area contributed by atoms with E-state index in [1.54, 1.807) is 12.1 Å². The first-order valence-corrected chi connectivity index (χ1v) is 7.34. The van der Waals surface area contributed by atoms with Crippen LogP contribution in [0.15, 0.2) is 84.9 Å². The lowest BCUT2D eigenvalue weighted by Gasteiger charge is -2.12. The van der Waals surface area contributed by atoms with E-state index in [-0.39, 0.29) is 5.75 Å². The molecule has 0 unspecified atom stereocenters. The van der Waals surface area contributed by atoms with Crippen molar-refractivity contribution in [1.29, 1.82) is 5.26 Å². The Hall–Kier alpha value is -3.31. The molecular formula is C21H15NO. The lowest BCUT2D eigenvalue weighted by molar-refractivity contribution is 0.475. The van der Waals surface area contributed by atoms with Crippen LogP contribution in [0.1, 0.15) is 16.7 Å². The Morgan fingerprint density at radius 3 is 1.65 bits per heavy atom. The Labute approximate surface area is 135 Å². The smallest absolute Gasteiger partial charge is 0.115 e. The molecule has 0 radical (unpaired) electrons. The number of hydrogen-bond acceptors (Lipinski definition) is 2. The fraction of sp³-hybridized carbons (Fsp3) is 0. The summed E-state index contributed by atoms with van der Waals surface area (Å²) in [5, 5.41) is 19.3. The van der Waals surface area contributed by atoms with Gasteiger partial charge in [0, 0.05) is 5.57 Å². The molecule has 1 N–H and O–H groups in total. The van der Waals surface area contributed by atoms with E-state index in [9.17, 15) is 10.4 Å². The van der Waals surface area contributed by atoms with Crippen LogP contribution in [-0.2, 0) is 0 Å². The molecule has 0 atom stereocenters. The highest BCUT2D eigenvalue weighted by molar-refractivity contribution is 6.03. The lowest BCUT2D eigenvalue weighted by atomic mass is 9.90. The molecule has 3 aromatic rings. The van der Waals surface area contributed by atoms with Crippen molar-refractivity contribution in [1.82, 2.24) is 0 Å². The molecule has 0 saturated heterocycles. The zero-order valence-corrected chi connectivity index (χ0v) is 12.5.